The highest BCUT2D eigenvalue weighted by Gasteiger charge is 2.22. The smallest absolute Gasteiger partial charge is 0.0648 e. The summed E-state index contributed by atoms with van der Waals surface area (Å²) in [6, 6.07) is -13.7. The molecule has 29 heavy (non-hydrogen) atoms. The molecule has 2 aromatic carbocycles. The van der Waals surface area contributed by atoms with Gasteiger partial charge in [-0.1, -0.05) is 94.3 Å². The van der Waals surface area contributed by atoms with Gasteiger partial charge in [0.1, 0.15) is 0 Å². The van der Waals surface area contributed by atoms with Crippen molar-refractivity contribution in [3.63, 3.8) is 0 Å². The lowest BCUT2D eigenvalue weighted by atomic mass is 9.80. The van der Waals surface area contributed by atoms with E-state index in [1.807, 2.05) is 0 Å². The van der Waals surface area contributed by atoms with Crippen molar-refractivity contribution in [3.8, 4) is 0 Å². The predicted molar refractivity (Wildman–Crippen MR) is 131 cm³/mol. The second kappa shape index (κ2) is 7.49. The van der Waals surface area contributed by atoms with E-state index in [0.717, 1.165) is 0 Å². The first-order valence-corrected chi connectivity index (χ1v) is 7.50. The van der Waals surface area contributed by atoms with E-state index >= 15 is 0 Å². The van der Waals surface area contributed by atoms with Gasteiger partial charge in [0.25, 0.3) is 0 Å². The Bertz CT molecular complexity index is 1870. The minimum atomic E-state index is -4.84. The molecule has 0 radical (unpaired) electrons. The Morgan fingerprint density at radius 1 is 0.483 bits per heavy atom. The molecule has 2 rings (SSSR count). The fourth-order valence-electron chi connectivity index (χ4n) is 1.94. The lowest BCUT2D eigenvalue weighted by Crippen LogP contribution is -2.18. The molecule has 0 spiro atoms. The number of anilines is 2. The Morgan fingerprint density at radius 3 is 0.931 bits per heavy atom. The van der Waals surface area contributed by atoms with E-state index in [4.69, 9.17) is 52.1 Å². The summed E-state index contributed by atoms with van der Waals surface area (Å²) in [5.41, 5.74) is -33.1. The Kier molecular flexibility index (Phi) is 0.982. The molecule has 0 amide bonds. The molecule has 0 aromatic heterocycles. The van der Waals surface area contributed by atoms with E-state index in [1.165, 1.54) is 0 Å². The van der Waals surface area contributed by atoms with Crippen LogP contribution in [-0.4, -0.2) is 0 Å². The molecule has 0 bridgehead atoms. The monoisotopic (exact) mass is 436 g/mol. The van der Waals surface area contributed by atoms with Crippen molar-refractivity contribution in [1.29, 1.82) is 0 Å². The highest BCUT2D eigenvalue weighted by atomic mass is 14.9. The number of hydrogen-bond acceptors (Lipinski definition) is 1. The van der Waals surface area contributed by atoms with E-state index < -0.39 is 174 Å². The van der Waals surface area contributed by atoms with Crippen LogP contribution in [0.4, 0.5) is 11.4 Å². The first-order valence-electron chi connectivity index (χ1n) is 28.5. The molecule has 0 aliphatic heterocycles. The second-order valence-corrected chi connectivity index (χ2v) is 6.12. The van der Waals surface area contributed by atoms with E-state index in [1.54, 1.807) is 5.32 Å². The molecule has 1 nitrogen and oxygen atoms in total. The van der Waals surface area contributed by atoms with Crippen molar-refractivity contribution < 1.29 is 57.6 Å². The van der Waals surface area contributed by atoms with Crippen LogP contribution >= 0.6 is 0 Å². The molecular weight excluding hydrogens is 350 g/mol. The van der Waals surface area contributed by atoms with Gasteiger partial charge in [0.2, 0.25) is 0 Å². The van der Waals surface area contributed by atoms with Gasteiger partial charge in [-0.15, -0.1) is 0 Å². The van der Waals surface area contributed by atoms with Gasteiger partial charge in [-0.2, -0.15) is 0 Å². The van der Waals surface area contributed by atoms with Crippen molar-refractivity contribution in [1.82, 2.24) is 0 Å². The standard InChI is InChI=1S/C28H43N/c1-25(2,3)19-13-20(26(4,5)6)16-23(15-19)29-24-17-21(27(7,8)9)14-22(18-24)28(10,11)12/h13-18,29H,1-12H3/i1D3,2D3,3D3,4D3,5D3,6D3,7D3,8D3,9D3,10D3,11D3,12D3,13D,14D,15D,16D,17D,18D. The number of hydrogen-bond donors (Lipinski definition) is 1. The average Bonchev–Trinajstić information content (AvgIpc) is 3.00. The van der Waals surface area contributed by atoms with Gasteiger partial charge in [0.05, 0.1) is 8.22 Å². The first kappa shape index (κ1) is 3.80. The van der Waals surface area contributed by atoms with Crippen molar-refractivity contribution in [3.05, 3.63) is 58.5 Å². The van der Waals surface area contributed by atoms with Crippen molar-refractivity contribution in [2.75, 3.05) is 5.32 Å². The molecule has 1 N–H and O–H groups in total. The van der Waals surface area contributed by atoms with Crippen molar-refractivity contribution in [2.24, 2.45) is 0 Å². The van der Waals surface area contributed by atoms with Crippen LogP contribution in [0.25, 0.3) is 0 Å². The Hall–Kier alpha value is -1.76. The maximum Gasteiger partial charge on any atom is 0.0648 e. The van der Waals surface area contributed by atoms with Crippen LogP contribution < -0.4 is 5.32 Å². The predicted octanol–water partition coefficient (Wildman–Crippen LogP) is 8.62. The SMILES string of the molecule is [2H]c1c(Nc2c([2H])c(C(C([2H])([2H])[2H])(C([2H])([2H])[2H])C([2H])([2H])[2H])c([2H])c(C(C([2H])([2H])[2H])(C([2H])([2H])[2H])C([2H])([2H])[2H])c2[2H])c([2H])c(C(C([2H])([2H])[2H])(C([2H])([2H])[2H])C([2H])([2H])[2H])c([2H])c1C(C([2H])([2H])[2H])(C([2H])([2H])[2H])C([2H])([2H])[2H]. The minimum Gasteiger partial charge on any atom is -0.355 e. The van der Waals surface area contributed by atoms with Gasteiger partial charge in [-0.25, -0.2) is 0 Å². The summed E-state index contributed by atoms with van der Waals surface area (Å²) >= 11 is 0. The summed E-state index contributed by atoms with van der Waals surface area (Å²) in [6.45, 7) is -56.1. The third-order valence-corrected chi connectivity index (χ3v) is 3.25. The maximum absolute atomic E-state index is 9.20. The molecule has 1 heteroatoms. The largest absolute Gasteiger partial charge is 0.355 e. The van der Waals surface area contributed by atoms with Crippen LogP contribution in [0.3, 0.4) is 0 Å². The number of benzene rings is 2. The number of nitrogens with one attached hydrogen (secondary N) is 1. The molecule has 0 unspecified atom stereocenters. The first-order chi connectivity index (χ1) is 30.4. The molecule has 0 saturated carbocycles. The van der Waals surface area contributed by atoms with Gasteiger partial charge >= 0.3 is 0 Å². The van der Waals surface area contributed by atoms with E-state index in [0.29, 0.717) is 0 Å². The molecule has 0 atom stereocenters. The second-order valence-electron chi connectivity index (χ2n) is 6.12. The maximum atomic E-state index is 9.20. The topological polar surface area (TPSA) is 12.0 Å². The van der Waals surface area contributed by atoms with Crippen LogP contribution in [0.1, 0.15) is 162 Å². The average molecular weight is 436 g/mol. The third-order valence-electron chi connectivity index (χ3n) is 3.25. The van der Waals surface area contributed by atoms with Crippen LogP contribution in [0.15, 0.2) is 36.3 Å². The van der Waals surface area contributed by atoms with Gasteiger partial charge in [0, 0.05) is 60.7 Å². The quantitative estimate of drug-likeness (QED) is 0.497. The summed E-state index contributed by atoms with van der Waals surface area (Å²) in [4.78, 5) is 0. The van der Waals surface area contributed by atoms with E-state index in [9.17, 15) is 5.48 Å². The van der Waals surface area contributed by atoms with Crippen molar-refractivity contribution in [2.45, 2.75) is 104 Å². The zero-order valence-electron chi connectivity index (χ0n) is 56.5. The highest BCUT2D eigenvalue weighted by Crippen LogP contribution is 2.36. The Morgan fingerprint density at radius 2 is 0.724 bits per heavy atom. The normalized spacial score (nSPS) is 40.0. The molecule has 160 valence electrons. The van der Waals surface area contributed by atoms with E-state index in [-0.39, 0.29) is 0 Å². The number of rotatable bonds is 2. The highest BCUT2D eigenvalue weighted by molar-refractivity contribution is 5.64. The zero-order chi connectivity index (χ0) is 57.6. The van der Waals surface area contributed by atoms with Gasteiger partial charge in [-0.3, -0.25) is 0 Å². The fourth-order valence-corrected chi connectivity index (χ4v) is 1.94. The van der Waals surface area contributed by atoms with Gasteiger partial charge in [-0.05, 0) is 68.1 Å². The summed E-state index contributed by atoms with van der Waals surface area (Å²) < 4.78 is 354. The molecule has 0 aliphatic rings. The molecular formula is C28H43N. The van der Waals surface area contributed by atoms with Gasteiger partial charge in [0.15, 0.2) is 0 Å². The summed E-state index contributed by atoms with van der Waals surface area (Å²) in [5, 5.41) is 1.58. The summed E-state index contributed by atoms with van der Waals surface area (Å²) in [5.74, 6) is 0. The zero-order valence-corrected chi connectivity index (χ0v) is 14.5. The molecule has 0 aliphatic carbocycles. The molecule has 2 aromatic rings. The van der Waals surface area contributed by atoms with Crippen LogP contribution in [0.2, 0.25) is 0 Å². The lowest BCUT2D eigenvalue weighted by molar-refractivity contribution is 0.569. The lowest BCUT2D eigenvalue weighted by Gasteiger charge is -2.28. The molecule has 0 heterocycles. The molecule has 0 fully saturated rings. The van der Waals surface area contributed by atoms with Gasteiger partial charge < -0.3 is 5.32 Å². The minimum absolute atomic E-state index is 1.58. The summed E-state index contributed by atoms with van der Waals surface area (Å²) in [7, 11) is 0. The third kappa shape index (κ3) is 6.11. The van der Waals surface area contributed by atoms with Crippen LogP contribution in [0.5, 0.6) is 0 Å². The summed E-state index contributed by atoms with van der Waals surface area (Å²) in [6.07, 6.45) is 0. The molecule has 0 saturated heterocycles. The van der Waals surface area contributed by atoms with Crippen LogP contribution in [0, 0.1) is 0 Å². The van der Waals surface area contributed by atoms with E-state index in [2.05, 4.69) is 0 Å². The Labute approximate surface area is 239 Å². The Balaban J connectivity index is 4.24. The fraction of sp³-hybridized carbons (Fsp3) is 0.571. The van der Waals surface area contributed by atoms with Crippen molar-refractivity contribution >= 4 is 11.4 Å². The van der Waals surface area contributed by atoms with Crippen LogP contribution in [-0.2, 0) is 21.7 Å².